The summed E-state index contributed by atoms with van der Waals surface area (Å²) < 4.78 is 15.7. The van der Waals surface area contributed by atoms with Crippen LogP contribution in [0.2, 0.25) is 0 Å². The van der Waals surface area contributed by atoms with Gasteiger partial charge in [0, 0.05) is 32.4 Å². The number of benzene rings is 1. The van der Waals surface area contributed by atoms with Crippen LogP contribution >= 0.6 is 12.4 Å². The molecule has 1 aromatic carbocycles. The standard InChI is InChI=1S/C17H26N2O5.ClH/c1-22-13-7-12(8-14(9-13)23-2)15(20)10-19-16(21)17(11-18)3-5-24-6-4-17;/h7-9,15,20H,3-6,10-11,18H2,1-2H3,(H,19,21);1H. The number of nitrogens with one attached hydrogen (secondary N) is 1. The molecule has 1 aliphatic heterocycles. The third-order valence-corrected chi connectivity index (χ3v) is 4.54. The third-order valence-electron chi connectivity index (χ3n) is 4.54. The first kappa shape index (κ1) is 21.5. The van der Waals surface area contributed by atoms with Crippen LogP contribution in [0.3, 0.4) is 0 Å². The Morgan fingerprint density at radius 3 is 2.32 bits per heavy atom. The van der Waals surface area contributed by atoms with Gasteiger partial charge in [0.05, 0.1) is 25.7 Å². The van der Waals surface area contributed by atoms with Gasteiger partial charge in [-0.3, -0.25) is 4.79 Å². The van der Waals surface area contributed by atoms with E-state index in [9.17, 15) is 9.90 Å². The van der Waals surface area contributed by atoms with Crippen LogP contribution in [0.15, 0.2) is 18.2 Å². The highest BCUT2D eigenvalue weighted by atomic mass is 35.5. The first-order valence-corrected chi connectivity index (χ1v) is 8.02. The van der Waals surface area contributed by atoms with Crippen molar-refractivity contribution in [3.05, 3.63) is 23.8 Å². The van der Waals surface area contributed by atoms with Crippen LogP contribution in [0.4, 0.5) is 0 Å². The topological polar surface area (TPSA) is 103 Å². The van der Waals surface area contributed by atoms with E-state index in [1.165, 1.54) is 0 Å². The van der Waals surface area contributed by atoms with Gasteiger partial charge in [0.1, 0.15) is 11.5 Å². The summed E-state index contributed by atoms with van der Waals surface area (Å²) in [5.74, 6) is 1.03. The van der Waals surface area contributed by atoms with E-state index in [2.05, 4.69) is 5.32 Å². The van der Waals surface area contributed by atoms with Crippen molar-refractivity contribution in [2.75, 3.05) is 40.5 Å². The zero-order valence-corrected chi connectivity index (χ0v) is 15.4. The minimum Gasteiger partial charge on any atom is -0.497 e. The largest absolute Gasteiger partial charge is 0.497 e. The van der Waals surface area contributed by atoms with Crippen LogP contribution < -0.4 is 20.5 Å². The number of nitrogens with two attached hydrogens (primary N) is 1. The third kappa shape index (κ3) is 5.22. The number of carbonyl (C=O) groups excluding carboxylic acids is 1. The molecule has 2 rings (SSSR count). The SMILES string of the molecule is COc1cc(OC)cc(C(O)CNC(=O)C2(CN)CCOCC2)c1.Cl. The molecule has 1 saturated heterocycles. The van der Waals surface area contributed by atoms with Gasteiger partial charge in [-0.05, 0) is 30.5 Å². The molecule has 0 aliphatic carbocycles. The van der Waals surface area contributed by atoms with Crippen LogP contribution in [0, 0.1) is 5.41 Å². The fraction of sp³-hybridized carbons (Fsp3) is 0.588. The molecule has 1 aromatic rings. The van der Waals surface area contributed by atoms with E-state index in [1.54, 1.807) is 32.4 Å². The number of hydrogen-bond donors (Lipinski definition) is 3. The summed E-state index contributed by atoms with van der Waals surface area (Å²) in [6.45, 7) is 1.42. The molecular formula is C17H27ClN2O5. The molecule has 1 fully saturated rings. The second kappa shape index (κ2) is 9.82. The van der Waals surface area contributed by atoms with E-state index in [4.69, 9.17) is 19.9 Å². The second-order valence-electron chi connectivity index (χ2n) is 5.97. The van der Waals surface area contributed by atoms with Gasteiger partial charge in [-0.1, -0.05) is 0 Å². The van der Waals surface area contributed by atoms with Gasteiger partial charge in [0.25, 0.3) is 0 Å². The Hall–Kier alpha value is -1.54. The number of hydrogen-bond acceptors (Lipinski definition) is 6. The van der Waals surface area contributed by atoms with E-state index in [1.807, 2.05) is 0 Å². The number of carbonyl (C=O) groups is 1. The molecule has 1 atom stereocenters. The average Bonchev–Trinajstić information content (AvgIpc) is 2.65. The maximum atomic E-state index is 12.5. The molecule has 1 aliphatic rings. The molecule has 0 saturated carbocycles. The molecule has 4 N–H and O–H groups in total. The molecule has 0 radical (unpaired) electrons. The number of halogens is 1. The van der Waals surface area contributed by atoms with Crippen LogP contribution in [0.25, 0.3) is 0 Å². The molecule has 1 unspecified atom stereocenters. The molecule has 0 bridgehead atoms. The Bertz CT molecular complexity index is 542. The highest BCUT2D eigenvalue weighted by Crippen LogP contribution is 2.30. The summed E-state index contributed by atoms with van der Waals surface area (Å²) in [6.07, 6.45) is 0.323. The maximum absolute atomic E-state index is 12.5. The van der Waals surface area contributed by atoms with Gasteiger partial charge in [-0.15, -0.1) is 12.4 Å². The lowest BCUT2D eigenvalue weighted by Gasteiger charge is -2.34. The minimum absolute atomic E-state index is 0. The molecule has 0 spiro atoms. The van der Waals surface area contributed by atoms with Crippen molar-refractivity contribution in [3.63, 3.8) is 0 Å². The van der Waals surface area contributed by atoms with Gasteiger partial charge in [-0.2, -0.15) is 0 Å². The summed E-state index contributed by atoms with van der Waals surface area (Å²) in [5.41, 5.74) is 5.82. The van der Waals surface area contributed by atoms with Crippen molar-refractivity contribution in [3.8, 4) is 11.5 Å². The lowest BCUT2D eigenvalue weighted by molar-refractivity contribution is -0.136. The van der Waals surface area contributed by atoms with E-state index in [-0.39, 0.29) is 31.4 Å². The number of ether oxygens (including phenoxy) is 3. The van der Waals surface area contributed by atoms with Crippen molar-refractivity contribution in [1.82, 2.24) is 5.32 Å². The molecule has 25 heavy (non-hydrogen) atoms. The zero-order chi connectivity index (χ0) is 17.6. The van der Waals surface area contributed by atoms with E-state index in [0.29, 0.717) is 43.1 Å². The molecule has 142 valence electrons. The van der Waals surface area contributed by atoms with Gasteiger partial charge in [0.15, 0.2) is 0 Å². The number of rotatable bonds is 7. The fourth-order valence-corrected chi connectivity index (χ4v) is 2.80. The van der Waals surface area contributed by atoms with Crippen LogP contribution in [-0.2, 0) is 9.53 Å². The van der Waals surface area contributed by atoms with Crippen molar-refractivity contribution in [2.45, 2.75) is 18.9 Å². The number of amides is 1. The van der Waals surface area contributed by atoms with Crippen LogP contribution in [0.5, 0.6) is 11.5 Å². The normalized spacial score (nSPS) is 17.1. The molecule has 8 heteroatoms. The van der Waals surface area contributed by atoms with Gasteiger partial charge in [-0.25, -0.2) is 0 Å². The van der Waals surface area contributed by atoms with Crippen LogP contribution in [0.1, 0.15) is 24.5 Å². The second-order valence-corrected chi connectivity index (χ2v) is 5.97. The lowest BCUT2D eigenvalue weighted by atomic mass is 9.79. The Balaban J connectivity index is 0.00000312. The number of methoxy groups -OCH3 is 2. The summed E-state index contributed by atoms with van der Waals surface area (Å²) in [4.78, 5) is 12.5. The van der Waals surface area contributed by atoms with Crippen LogP contribution in [-0.4, -0.2) is 51.5 Å². The predicted octanol–water partition coefficient (Wildman–Crippen LogP) is 1.03. The van der Waals surface area contributed by atoms with E-state index >= 15 is 0 Å². The number of aliphatic hydroxyl groups is 1. The average molecular weight is 375 g/mol. The van der Waals surface area contributed by atoms with Crippen molar-refractivity contribution < 1.29 is 24.1 Å². The monoisotopic (exact) mass is 374 g/mol. The molecular weight excluding hydrogens is 348 g/mol. The summed E-state index contributed by atoms with van der Waals surface area (Å²) in [7, 11) is 3.09. The highest BCUT2D eigenvalue weighted by Gasteiger charge is 2.38. The summed E-state index contributed by atoms with van der Waals surface area (Å²) in [5, 5.41) is 13.2. The molecule has 0 aromatic heterocycles. The van der Waals surface area contributed by atoms with Crippen molar-refractivity contribution in [2.24, 2.45) is 11.1 Å². The quantitative estimate of drug-likeness (QED) is 0.658. The summed E-state index contributed by atoms with van der Waals surface area (Å²) >= 11 is 0. The fourth-order valence-electron chi connectivity index (χ4n) is 2.80. The first-order chi connectivity index (χ1) is 11.5. The van der Waals surface area contributed by atoms with Gasteiger partial charge in [0.2, 0.25) is 5.91 Å². The summed E-state index contributed by atoms with van der Waals surface area (Å²) in [6, 6.07) is 5.15. The molecule has 7 nitrogen and oxygen atoms in total. The van der Waals surface area contributed by atoms with Crippen molar-refractivity contribution in [1.29, 1.82) is 0 Å². The van der Waals surface area contributed by atoms with Gasteiger partial charge >= 0.3 is 0 Å². The Labute approximate surface area is 154 Å². The minimum atomic E-state index is -0.868. The Morgan fingerprint density at radius 1 is 1.28 bits per heavy atom. The molecule has 1 amide bonds. The van der Waals surface area contributed by atoms with E-state index < -0.39 is 11.5 Å². The lowest BCUT2D eigenvalue weighted by Crippen LogP contribution is -2.49. The first-order valence-electron chi connectivity index (χ1n) is 8.02. The van der Waals surface area contributed by atoms with Crippen molar-refractivity contribution >= 4 is 18.3 Å². The zero-order valence-electron chi connectivity index (χ0n) is 14.6. The van der Waals surface area contributed by atoms with Gasteiger partial charge < -0.3 is 30.4 Å². The van der Waals surface area contributed by atoms with E-state index in [0.717, 1.165) is 0 Å². The smallest absolute Gasteiger partial charge is 0.227 e. The Kier molecular flexibility index (Phi) is 8.44. The Morgan fingerprint density at radius 2 is 1.84 bits per heavy atom. The highest BCUT2D eigenvalue weighted by molar-refractivity contribution is 5.85. The predicted molar refractivity (Wildman–Crippen MR) is 96.3 cm³/mol. The maximum Gasteiger partial charge on any atom is 0.227 e. The number of aliphatic hydroxyl groups excluding tert-OH is 1. The molecule has 1 heterocycles.